The quantitative estimate of drug-likeness (QED) is 0.635. The number of aromatic carboxylic acids is 1. The number of rotatable bonds is 4. The van der Waals surface area contributed by atoms with E-state index in [4.69, 9.17) is 11.5 Å². The van der Waals surface area contributed by atoms with E-state index in [1.807, 2.05) is 18.2 Å². The Bertz CT molecular complexity index is 918. The standard InChI is InChI=1S/C16H14N6O2/c17-14-13(20-19-10-6-2-1-3-7-10)15(18)22(21-14)12-9-5-4-8-11(12)16(23)24/h1-9H,18H2,(H2,17,21)(H,23,24)/b20-19+. The minimum Gasteiger partial charge on any atom is -0.478 e. The van der Waals surface area contributed by atoms with Crippen LogP contribution in [-0.4, -0.2) is 20.9 Å². The normalized spacial score (nSPS) is 11.0. The van der Waals surface area contributed by atoms with Gasteiger partial charge in [0.15, 0.2) is 17.3 Å². The molecule has 1 heterocycles. The monoisotopic (exact) mass is 322 g/mol. The van der Waals surface area contributed by atoms with Crippen LogP contribution in [0.3, 0.4) is 0 Å². The summed E-state index contributed by atoms with van der Waals surface area (Å²) in [5.41, 5.74) is 13.1. The number of carbonyl (C=O) groups is 1. The molecule has 24 heavy (non-hydrogen) atoms. The smallest absolute Gasteiger partial charge is 0.337 e. The Morgan fingerprint density at radius 3 is 2.38 bits per heavy atom. The molecule has 0 unspecified atom stereocenters. The van der Waals surface area contributed by atoms with Crippen molar-refractivity contribution in [3.8, 4) is 5.69 Å². The number of para-hydroxylation sites is 1. The molecule has 0 aliphatic rings. The van der Waals surface area contributed by atoms with Crippen LogP contribution in [0.5, 0.6) is 0 Å². The van der Waals surface area contributed by atoms with E-state index in [0.29, 0.717) is 11.4 Å². The molecule has 0 amide bonds. The van der Waals surface area contributed by atoms with Gasteiger partial charge in [-0.2, -0.15) is 5.11 Å². The van der Waals surface area contributed by atoms with Crippen LogP contribution in [0.25, 0.3) is 5.69 Å². The Balaban J connectivity index is 2.05. The summed E-state index contributed by atoms with van der Waals surface area (Å²) in [5, 5.41) is 21.5. The van der Waals surface area contributed by atoms with Crippen LogP contribution in [-0.2, 0) is 0 Å². The topological polar surface area (TPSA) is 132 Å². The largest absolute Gasteiger partial charge is 0.478 e. The van der Waals surface area contributed by atoms with Gasteiger partial charge in [-0.25, -0.2) is 9.48 Å². The molecule has 8 nitrogen and oxygen atoms in total. The molecule has 0 radical (unpaired) electrons. The van der Waals surface area contributed by atoms with Crippen LogP contribution < -0.4 is 11.5 Å². The molecule has 0 saturated heterocycles. The van der Waals surface area contributed by atoms with Gasteiger partial charge in [0.1, 0.15) is 0 Å². The molecule has 5 N–H and O–H groups in total. The number of carboxylic acid groups (broad SMARTS) is 1. The highest BCUT2D eigenvalue weighted by Crippen LogP contribution is 2.33. The predicted molar refractivity (Wildman–Crippen MR) is 90.0 cm³/mol. The zero-order valence-electron chi connectivity index (χ0n) is 12.5. The molecule has 2 aromatic carbocycles. The van der Waals surface area contributed by atoms with Gasteiger partial charge < -0.3 is 16.6 Å². The average molecular weight is 322 g/mol. The molecule has 0 aliphatic carbocycles. The summed E-state index contributed by atoms with van der Waals surface area (Å²) in [7, 11) is 0. The fourth-order valence-corrected chi connectivity index (χ4v) is 2.17. The molecule has 8 heteroatoms. The van der Waals surface area contributed by atoms with Crippen molar-refractivity contribution < 1.29 is 9.90 Å². The van der Waals surface area contributed by atoms with Gasteiger partial charge in [0.25, 0.3) is 0 Å². The Morgan fingerprint density at radius 1 is 1.00 bits per heavy atom. The van der Waals surface area contributed by atoms with Crippen molar-refractivity contribution in [1.29, 1.82) is 0 Å². The third kappa shape index (κ3) is 2.80. The highest BCUT2D eigenvalue weighted by molar-refractivity contribution is 5.92. The molecule has 3 rings (SSSR count). The first-order chi connectivity index (χ1) is 11.6. The number of anilines is 2. The second kappa shape index (κ2) is 6.21. The molecule has 0 aliphatic heterocycles. The molecule has 0 saturated carbocycles. The highest BCUT2D eigenvalue weighted by atomic mass is 16.4. The number of hydrogen-bond donors (Lipinski definition) is 3. The zero-order chi connectivity index (χ0) is 17.1. The highest BCUT2D eigenvalue weighted by Gasteiger charge is 2.18. The fraction of sp³-hybridized carbons (Fsp3) is 0. The van der Waals surface area contributed by atoms with Crippen molar-refractivity contribution in [2.75, 3.05) is 11.5 Å². The summed E-state index contributed by atoms with van der Waals surface area (Å²) in [5.74, 6) is -0.917. The maximum atomic E-state index is 11.4. The lowest BCUT2D eigenvalue weighted by Gasteiger charge is -2.07. The van der Waals surface area contributed by atoms with Crippen LogP contribution in [0.2, 0.25) is 0 Å². The van der Waals surface area contributed by atoms with Gasteiger partial charge in [-0.3, -0.25) is 0 Å². The second-order valence-electron chi connectivity index (χ2n) is 4.89. The number of hydrogen-bond acceptors (Lipinski definition) is 6. The van der Waals surface area contributed by atoms with E-state index in [1.54, 1.807) is 30.3 Å². The van der Waals surface area contributed by atoms with Crippen molar-refractivity contribution in [3.05, 3.63) is 60.2 Å². The van der Waals surface area contributed by atoms with Crippen molar-refractivity contribution in [1.82, 2.24) is 9.78 Å². The van der Waals surface area contributed by atoms with E-state index in [-0.39, 0.29) is 22.9 Å². The SMILES string of the molecule is Nc1nn(-c2ccccc2C(=O)O)c(N)c1/N=N/c1ccccc1. The van der Waals surface area contributed by atoms with Crippen molar-refractivity contribution in [3.63, 3.8) is 0 Å². The van der Waals surface area contributed by atoms with Crippen LogP contribution in [0.4, 0.5) is 23.0 Å². The van der Waals surface area contributed by atoms with Gasteiger partial charge in [-0.05, 0) is 24.3 Å². The van der Waals surface area contributed by atoms with Crippen molar-refractivity contribution in [2.24, 2.45) is 10.2 Å². The molecule has 0 atom stereocenters. The van der Waals surface area contributed by atoms with Gasteiger partial charge in [0.05, 0.1) is 16.9 Å². The Hall–Kier alpha value is -3.68. The van der Waals surface area contributed by atoms with Crippen LogP contribution in [0, 0.1) is 0 Å². The minimum atomic E-state index is -1.09. The Morgan fingerprint density at radius 2 is 1.67 bits per heavy atom. The van der Waals surface area contributed by atoms with E-state index in [1.165, 1.54) is 10.7 Å². The first-order valence-corrected chi connectivity index (χ1v) is 7.01. The number of benzene rings is 2. The molecular weight excluding hydrogens is 308 g/mol. The third-order valence-electron chi connectivity index (χ3n) is 3.31. The number of nitrogen functional groups attached to an aromatic ring is 2. The van der Waals surface area contributed by atoms with Crippen LogP contribution >= 0.6 is 0 Å². The van der Waals surface area contributed by atoms with Crippen LogP contribution in [0.1, 0.15) is 10.4 Å². The maximum absolute atomic E-state index is 11.4. The lowest BCUT2D eigenvalue weighted by molar-refractivity contribution is 0.0697. The fourth-order valence-electron chi connectivity index (χ4n) is 2.17. The van der Waals surface area contributed by atoms with Crippen molar-refractivity contribution >= 4 is 29.0 Å². The molecule has 3 aromatic rings. The molecular formula is C16H14N6O2. The van der Waals surface area contributed by atoms with E-state index in [9.17, 15) is 9.90 Å². The van der Waals surface area contributed by atoms with E-state index < -0.39 is 5.97 Å². The molecule has 0 fully saturated rings. The lowest BCUT2D eigenvalue weighted by atomic mass is 10.2. The lowest BCUT2D eigenvalue weighted by Crippen LogP contribution is -2.08. The zero-order valence-corrected chi connectivity index (χ0v) is 12.5. The maximum Gasteiger partial charge on any atom is 0.337 e. The summed E-state index contributed by atoms with van der Waals surface area (Å²) in [6, 6.07) is 15.4. The molecule has 1 aromatic heterocycles. The summed E-state index contributed by atoms with van der Waals surface area (Å²) >= 11 is 0. The second-order valence-corrected chi connectivity index (χ2v) is 4.89. The van der Waals surface area contributed by atoms with Gasteiger partial charge in [0.2, 0.25) is 0 Å². The van der Waals surface area contributed by atoms with Gasteiger partial charge >= 0.3 is 5.97 Å². The van der Waals surface area contributed by atoms with E-state index in [0.717, 1.165) is 0 Å². The minimum absolute atomic E-state index is 0.0539. The first-order valence-electron chi connectivity index (χ1n) is 7.01. The average Bonchev–Trinajstić information content (AvgIpc) is 2.88. The molecule has 0 spiro atoms. The third-order valence-corrected chi connectivity index (χ3v) is 3.31. The number of carboxylic acids is 1. The van der Waals surface area contributed by atoms with Crippen LogP contribution in [0.15, 0.2) is 64.8 Å². The van der Waals surface area contributed by atoms with Gasteiger partial charge in [-0.15, -0.1) is 10.2 Å². The first kappa shape index (κ1) is 15.2. The Kier molecular flexibility index (Phi) is 3.94. The van der Waals surface area contributed by atoms with E-state index in [2.05, 4.69) is 15.3 Å². The summed E-state index contributed by atoms with van der Waals surface area (Å²) in [4.78, 5) is 11.4. The number of nitrogens with two attached hydrogens (primary N) is 2. The van der Waals surface area contributed by atoms with Crippen molar-refractivity contribution in [2.45, 2.75) is 0 Å². The molecule has 0 bridgehead atoms. The van der Waals surface area contributed by atoms with Gasteiger partial charge in [-0.1, -0.05) is 30.3 Å². The number of azo groups is 1. The summed E-state index contributed by atoms with van der Waals surface area (Å²) in [6.07, 6.45) is 0. The van der Waals surface area contributed by atoms with E-state index >= 15 is 0 Å². The molecule has 120 valence electrons. The number of aromatic nitrogens is 2. The summed E-state index contributed by atoms with van der Waals surface area (Å²) in [6.45, 7) is 0. The number of nitrogens with zero attached hydrogens (tertiary/aromatic N) is 4. The predicted octanol–water partition coefficient (Wildman–Crippen LogP) is 3.15. The Labute approximate surface area is 137 Å². The van der Waals surface area contributed by atoms with Gasteiger partial charge in [0, 0.05) is 0 Å². The summed E-state index contributed by atoms with van der Waals surface area (Å²) < 4.78 is 1.25.